The number of nitrogens with one attached hydrogen (secondary N) is 1. The molecule has 38 heavy (non-hydrogen) atoms. The lowest BCUT2D eigenvalue weighted by Gasteiger charge is -2.20. The van der Waals surface area contributed by atoms with Crippen LogP contribution < -0.4 is 16.0 Å². The molecule has 206 valence electrons. The van der Waals surface area contributed by atoms with E-state index in [4.69, 9.17) is 11.6 Å². The summed E-state index contributed by atoms with van der Waals surface area (Å²) in [6.45, 7) is 4.64. The Labute approximate surface area is 221 Å². The van der Waals surface area contributed by atoms with Crippen LogP contribution in [0, 0.1) is 5.92 Å². The molecule has 0 bridgehead atoms. The third-order valence-corrected chi connectivity index (χ3v) is 8.86. The highest BCUT2D eigenvalue weighted by Crippen LogP contribution is 2.32. The van der Waals surface area contributed by atoms with Crippen LogP contribution in [0.2, 0.25) is 5.02 Å². The maximum atomic E-state index is 13.3. The molecule has 13 heteroatoms. The Morgan fingerprint density at radius 3 is 2.47 bits per heavy atom. The number of H-pyrrole nitrogens is 1. The van der Waals surface area contributed by atoms with Crippen molar-refractivity contribution in [2.45, 2.75) is 51.0 Å². The van der Waals surface area contributed by atoms with Crippen molar-refractivity contribution in [3.63, 3.8) is 0 Å². The summed E-state index contributed by atoms with van der Waals surface area (Å²) in [7, 11) is -3.72. The average Bonchev–Trinajstić information content (AvgIpc) is 3.29. The van der Waals surface area contributed by atoms with Gasteiger partial charge in [0.25, 0.3) is 5.56 Å². The number of fused-ring (bicyclic) bond motifs is 1. The Bertz CT molecular complexity index is 1580. The minimum absolute atomic E-state index is 0.0551. The minimum atomic E-state index is -5.00. The van der Waals surface area contributed by atoms with Crippen LogP contribution in [0.4, 0.5) is 13.2 Å². The van der Waals surface area contributed by atoms with Gasteiger partial charge in [0.05, 0.1) is 28.1 Å². The zero-order valence-corrected chi connectivity index (χ0v) is 22.3. The summed E-state index contributed by atoms with van der Waals surface area (Å²) in [5.74, 6) is -0.304. The fraction of sp³-hybridized carbons (Fsp3) is 0.440. The van der Waals surface area contributed by atoms with Gasteiger partial charge < -0.3 is 9.72 Å². The average molecular weight is 574 g/mol. The molecule has 0 unspecified atom stereocenters. The van der Waals surface area contributed by atoms with Crippen LogP contribution in [0.5, 0.6) is 5.75 Å². The first-order valence-corrected chi connectivity index (χ1v) is 14.1. The summed E-state index contributed by atoms with van der Waals surface area (Å²) in [5, 5.41) is -0.0135. The lowest BCUT2D eigenvalue weighted by atomic mass is 10.1. The van der Waals surface area contributed by atoms with E-state index in [1.165, 1.54) is 31.2 Å². The third-order valence-electron chi connectivity index (χ3n) is 6.80. The molecular weight excluding hydrogens is 547 g/mol. The zero-order chi connectivity index (χ0) is 27.8. The number of sulfone groups is 1. The second kappa shape index (κ2) is 10.7. The number of ether oxygens (including phenoxy) is 1. The van der Waals surface area contributed by atoms with Crippen LogP contribution in [-0.4, -0.2) is 48.1 Å². The van der Waals surface area contributed by atoms with Gasteiger partial charge in [0.2, 0.25) is 0 Å². The fourth-order valence-corrected chi connectivity index (χ4v) is 6.05. The van der Waals surface area contributed by atoms with E-state index in [1.807, 2.05) is 4.90 Å². The van der Waals surface area contributed by atoms with E-state index in [0.717, 1.165) is 30.0 Å². The van der Waals surface area contributed by atoms with Crippen LogP contribution >= 0.6 is 11.6 Å². The van der Waals surface area contributed by atoms with E-state index in [2.05, 4.69) is 16.6 Å². The van der Waals surface area contributed by atoms with Gasteiger partial charge in [0.1, 0.15) is 5.75 Å². The van der Waals surface area contributed by atoms with Crippen molar-refractivity contribution in [3.05, 3.63) is 67.3 Å². The molecule has 8 nitrogen and oxygen atoms in total. The largest absolute Gasteiger partial charge is 0.573 e. The summed E-state index contributed by atoms with van der Waals surface area (Å²) in [5.41, 5.74) is -1.39. The van der Waals surface area contributed by atoms with Crippen molar-refractivity contribution in [3.8, 4) is 5.75 Å². The van der Waals surface area contributed by atoms with E-state index >= 15 is 0 Å². The Morgan fingerprint density at radius 1 is 1.11 bits per heavy atom. The summed E-state index contributed by atoms with van der Waals surface area (Å²) in [6, 6.07) is 6.31. The standard InChI is InChI=1S/C25H27ClF3N3O5S/c1-3-15-7-8-31(12-15)13-16-10-20-19(11-21(16)37-25(27,28)29)23(33)32(24(34)30-20)14-17-9-18(26)5-6-22(17)38(35,36)4-2/h5-6,9-11,15H,3-4,7-8,12-14H2,1-2H3,(H,30,34)/t15-/m1/s1. The lowest BCUT2D eigenvalue weighted by molar-refractivity contribution is -0.274. The minimum Gasteiger partial charge on any atom is -0.405 e. The van der Waals surface area contributed by atoms with Crippen molar-refractivity contribution in [2.24, 2.45) is 5.92 Å². The van der Waals surface area contributed by atoms with Gasteiger partial charge >= 0.3 is 12.1 Å². The number of nitrogens with zero attached hydrogens (tertiary/aromatic N) is 2. The van der Waals surface area contributed by atoms with Crippen LogP contribution in [0.15, 0.2) is 44.8 Å². The Balaban J connectivity index is 1.82. The normalized spacial score (nSPS) is 16.8. The number of halogens is 4. The molecule has 0 saturated carbocycles. The number of aromatic nitrogens is 2. The van der Waals surface area contributed by atoms with Crippen LogP contribution in [0.3, 0.4) is 0 Å². The first-order chi connectivity index (χ1) is 17.8. The second-order valence-electron chi connectivity index (χ2n) is 9.33. The number of benzene rings is 2. The molecule has 1 saturated heterocycles. The number of rotatable bonds is 8. The molecular formula is C25H27ClF3N3O5S. The molecule has 1 N–H and O–H groups in total. The predicted molar refractivity (Wildman–Crippen MR) is 137 cm³/mol. The monoisotopic (exact) mass is 573 g/mol. The highest BCUT2D eigenvalue weighted by molar-refractivity contribution is 7.91. The van der Waals surface area contributed by atoms with Crippen molar-refractivity contribution in [1.29, 1.82) is 0 Å². The number of alkyl halides is 3. The molecule has 1 aliphatic heterocycles. The molecule has 1 atom stereocenters. The van der Waals surface area contributed by atoms with E-state index in [9.17, 15) is 31.2 Å². The summed E-state index contributed by atoms with van der Waals surface area (Å²) < 4.78 is 69.9. The fourth-order valence-electron chi connectivity index (χ4n) is 4.74. The zero-order valence-electron chi connectivity index (χ0n) is 20.8. The maximum Gasteiger partial charge on any atom is 0.573 e. The van der Waals surface area contributed by atoms with Gasteiger partial charge in [0.15, 0.2) is 9.84 Å². The molecule has 0 aliphatic carbocycles. The number of hydrogen-bond acceptors (Lipinski definition) is 6. The van der Waals surface area contributed by atoms with Gasteiger partial charge in [-0.2, -0.15) is 0 Å². The molecule has 0 amide bonds. The van der Waals surface area contributed by atoms with E-state index in [-0.39, 0.29) is 44.2 Å². The van der Waals surface area contributed by atoms with Crippen LogP contribution in [0.25, 0.3) is 10.9 Å². The highest BCUT2D eigenvalue weighted by Gasteiger charge is 2.33. The smallest absolute Gasteiger partial charge is 0.405 e. The van der Waals surface area contributed by atoms with E-state index < -0.39 is 39.7 Å². The first-order valence-electron chi connectivity index (χ1n) is 12.1. The van der Waals surface area contributed by atoms with Gasteiger partial charge in [0, 0.05) is 23.7 Å². The van der Waals surface area contributed by atoms with Crippen LogP contribution in [-0.2, 0) is 22.9 Å². The molecule has 0 spiro atoms. The molecule has 2 heterocycles. The van der Waals surface area contributed by atoms with Crippen molar-refractivity contribution < 1.29 is 26.3 Å². The topological polar surface area (TPSA) is 101 Å². The first kappa shape index (κ1) is 28.2. The number of hydrogen-bond donors (Lipinski definition) is 1. The number of likely N-dealkylation sites (tertiary alicyclic amines) is 1. The van der Waals surface area contributed by atoms with Gasteiger partial charge in [-0.15, -0.1) is 13.2 Å². The van der Waals surface area contributed by atoms with Gasteiger partial charge in [-0.05, 0) is 54.8 Å². The highest BCUT2D eigenvalue weighted by atomic mass is 35.5. The lowest BCUT2D eigenvalue weighted by Crippen LogP contribution is -2.36. The van der Waals surface area contributed by atoms with E-state index in [1.54, 1.807) is 0 Å². The summed E-state index contributed by atoms with van der Waals surface area (Å²) >= 11 is 6.04. The Morgan fingerprint density at radius 2 is 1.84 bits per heavy atom. The van der Waals surface area contributed by atoms with Crippen molar-refractivity contribution in [1.82, 2.24) is 14.5 Å². The van der Waals surface area contributed by atoms with Gasteiger partial charge in [-0.25, -0.2) is 13.2 Å². The van der Waals surface area contributed by atoms with Gasteiger partial charge in [-0.3, -0.25) is 14.3 Å². The SMILES string of the molecule is CC[C@@H]1CCN(Cc2cc3[nH]c(=O)n(Cc4cc(Cl)ccc4S(=O)(=O)CC)c(=O)c3cc2OC(F)(F)F)C1. The quantitative estimate of drug-likeness (QED) is 0.431. The maximum absolute atomic E-state index is 13.3. The molecule has 4 rings (SSSR count). The van der Waals surface area contributed by atoms with Gasteiger partial charge in [-0.1, -0.05) is 31.9 Å². The Hall–Kier alpha value is -2.83. The second-order valence-corrected chi connectivity index (χ2v) is 12.0. The third kappa shape index (κ3) is 6.08. The predicted octanol–water partition coefficient (Wildman–Crippen LogP) is 4.32. The molecule has 2 aromatic carbocycles. The van der Waals surface area contributed by atoms with Crippen molar-refractivity contribution >= 4 is 32.3 Å². The summed E-state index contributed by atoms with van der Waals surface area (Å²) in [6.07, 6.45) is -3.11. The number of aromatic amines is 1. The molecule has 1 fully saturated rings. The van der Waals surface area contributed by atoms with E-state index in [0.29, 0.717) is 12.5 Å². The van der Waals surface area contributed by atoms with Crippen LogP contribution in [0.1, 0.15) is 37.8 Å². The molecule has 3 aromatic rings. The molecule has 1 aromatic heterocycles. The molecule has 0 radical (unpaired) electrons. The molecule has 1 aliphatic rings. The van der Waals surface area contributed by atoms with Crippen molar-refractivity contribution in [2.75, 3.05) is 18.8 Å². The summed E-state index contributed by atoms with van der Waals surface area (Å²) in [4.78, 5) is 30.7. The Kier molecular flexibility index (Phi) is 7.96.